The lowest BCUT2D eigenvalue weighted by atomic mass is 10.0. The minimum Gasteiger partial charge on any atom is -0.496 e. The fraction of sp³-hybridized carbons (Fsp3) is 0.533. The first-order chi connectivity index (χ1) is 9.15. The predicted octanol–water partition coefficient (Wildman–Crippen LogP) is 2.10. The summed E-state index contributed by atoms with van der Waals surface area (Å²) in [5, 5.41) is 3.23. The second-order valence-corrected chi connectivity index (χ2v) is 5.00. The lowest BCUT2D eigenvalue weighted by molar-refractivity contribution is -0.128. The third-order valence-corrected chi connectivity index (χ3v) is 3.77. The number of rotatable bonds is 5. The Kier molecular flexibility index (Phi) is 4.43. The second kappa shape index (κ2) is 6.06. The summed E-state index contributed by atoms with van der Waals surface area (Å²) in [4.78, 5) is 13.6. The van der Waals surface area contributed by atoms with Gasteiger partial charge in [-0.2, -0.15) is 0 Å². The summed E-state index contributed by atoms with van der Waals surface area (Å²) in [7, 11) is 3.62. The molecule has 1 saturated heterocycles. The van der Waals surface area contributed by atoms with Crippen LogP contribution in [0.25, 0.3) is 0 Å². The quantitative estimate of drug-likeness (QED) is 0.883. The van der Waals surface area contributed by atoms with Gasteiger partial charge in [0.1, 0.15) is 5.75 Å². The molecule has 1 unspecified atom stereocenters. The highest BCUT2D eigenvalue weighted by molar-refractivity contribution is 5.78. The summed E-state index contributed by atoms with van der Waals surface area (Å²) >= 11 is 0. The van der Waals surface area contributed by atoms with Crippen LogP contribution in [-0.2, 0) is 11.3 Å². The molecule has 1 aromatic carbocycles. The fourth-order valence-corrected chi connectivity index (χ4v) is 2.43. The highest BCUT2D eigenvalue weighted by Gasteiger charge is 2.21. The van der Waals surface area contributed by atoms with Crippen LogP contribution in [0.4, 0.5) is 0 Å². The van der Waals surface area contributed by atoms with Gasteiger partial charge in [0.2, 0.25) is 5.91 Å². The van der Waals surface area contributed by atoms with Gasteiger partial charge in [0.25, 0.3) is 0 Å². The normalized spacial score (nSPS) is 16.8. The number of benzene rings is 1. The van der Waals surface area contributed by atoms with Crippen LogP contribution in [0.3, 0.4) is 0 Å². The Hall–Kier alpha value is -1.55. The minimum atomic E-state index is 0.245. The molecular formula is C15H22N2O2. The molecule has 19 heavy (non-hydrogen) atoms. The van der Waals surface area contributed by atoms with E-state index in [0.717, 1.165) is 24.3 Å². The zero-order valence-electron chi connectivity index (χ0n) is 11.9. The Bertz CT molecular complexity index is 459. The molecule has 1 heterocycles. The van der Waals surface area contributed by atoms with Crippen molar-refractivity contribution in [2.75, 3.05) is 20.7 Å². The zero-order chi connectivity index (χ0) is 13.8. The molecule has 4 heteroatoms. The zero-order valence-corrected chi connectivity index (χ0v) is 11.9. The molecule has 1 N–H and O–H groups in total. The van der Waals surface area contributed by atoms with E-state index in [1.807, 2.05) is 18.0 Å². The Labute approximate surface area is 114 Å². The lowest BCUT2D eigenvalue weighted by Gasteiger charge is -2.19. The molecule has 1 amide bonds. The van der Waals surface area contributed by atoms with Gasteiger partial charge in [0, 0.05) is 31.1 Å². The first-order valence-corrected chi connectivity index (χ1v) is 6.77. The molecule has 4 nitrogen and oxygen atoms in total. The van der Waals surface area contributed by atoms with Crippen molar-refractivity contribution in [3.8, 4) is 5.75 Å². The van der Waals surface area contributed by atoms with E-state index in [2.05, 4.69) is 24.4 Å². The van der Waals surface area contributed by atoms with Crippen molar-refractivity contribution in [1.82, 2.24) is 10.2 Å². The topological polar surface area (TPSA) is 41.6 Å². The number of nitrogens with one attached hydrogen (secondary N) is 1. The van der Waals surface area contributed by atoms with Crippen molar-refractivity contribution in [3.05, 3.63) is 29.3 Å². The fourth-order valence-electron chi connectivity index (χ4n) is 2.43. The third-order valence-electron chi connectivity index (χ3n) is 3.77. The van der Waals surface area contributed by atoms with Gasteiger partial charge in [0.05, 0.1) is 7.11 Å². The maximum absolute atomic E-state index is 11.7. The second-order valence-electron chi connectivity index (χ2n) is 5.00. The van der Waals surface area contributed by atoms with Crippen molar-refractivity contribution in [3.63, 3.8) is 0 Å². The van der Waals surface area contributed by atoms with Crippen LogP contribution in [0.2, 0.25) is 0 Å². The molecule has 1 aromatic rings. The largest absolute Gasteiger partial charge is 0.496 e. The standard InChI is InChI=1S/C15H22N2O2/c1-11(16-2)12-6-7-14(19-3)13(9-12)10-17-8-4-5-15(17)18/h6-7,9,11,16H,4-5,8,10H2,1-3H3. The summed E-state index contributed by atoms with van der Waals surface area (Å²) in [5.74, 6) is 1.10. The van der Waals surface area contributed by atoms with E-state index >= 15 is 0 Å². The van der Waals surface area contributed by atoms with Gasteiger partial charge >= 0.3 is 0 Å². The number of carbonyl (C=O) groups is 1. The number of ether oxygens (including phenoxy) is 1. The average molecular weight is 262 g/mol. The highest BCUT2D eigenvalue weighted by atomic mass is 16.5. The van der Waals surface area contributed by atoms with E-state index in [-0.39, 0.29) is 5.91 Å². The number of methoxy groups -OCH3 is 1. The Morgan fingerprint density at radius 3 is 2.84 bits per heavy atom. The molecule has 1 aliphatic rings. The molecule has 104 valence electrons. The average Bonchev–Trinajstić information content (AvgIpc) is 2.83. The van der Waals surface area contributed by atoms with Crippen LogP contribution in [0.15, 0.2) is 18.2 Å². The summed E-state index contributed by atoms with van der Waals surface area (Å²) in [6.07, 6.45) is 1.64. The maximum atomic E-state index is 11.7. The van der Waals surface area contributed by atoms with E-state index in [0.29, 0.717) is 19.0 Å². The molecule has 0 radical (unpaired) electrons. The van der Waals surface area contributed by atoms with Crippen molar-refractivity contribution in [1.29, 1.82) is 0 Å². The minimum absolute atomic E-state index is 0.245. The van der Waals surface area contributed by atoms with Gasteiger partial charge in [-0.05, 0) is 38.1 Å². The van der Waals surface area contributed by atoms with Crippen LogP contribution in [-0.4, -0.2) is 31.5 Å². The van der Waals surface area contributed by atoms with E-state index in [4.69, 9.17) is 4.74 Å². The third kappa shape index (κ3) is 3.07. The predicted molar refractivity (Wildman–Crippen MR) is 75.1 cm³/mol. The van der Waals surface area contributed by atoms with Crippen molar-refractivity contribution >= 4 is 5.91 Å². The van der Waals surface area contributed by atoms with Crippen molar-refractivity contribution < 1.29 is 9.53 Å². The molecule has 0 bridgehead atoms. The first-order valence-electron chi connectivity index (χ1n) is 6.77. The molecule has 0 aromatic heterocycles. The molecule has 2 rings (SSSR count). The van der Waals surface area contributed by atoms with E-state index in [9.17, 15) is 4.79 Å². The van der Waals surface area contributed by atoms with E-state index < -0.39 is 0 Å². The molecule has 0 spiro atoms. The van der Waals surface area contributed by atoms with Crippen molar-refractivity contribution in [2.45, 2.75) is 32.4 Å². The number of hydrogen-bond donors (Lipinski definition) is 1. The Morgan fingerprint density at radius 1 is 1.47 bits per heavy atom. The molecule has 1 atom stereocenters. The number of amides is 1. The van der Waals surface area contributed by atoms with Gasteiger partial charge in [0.15, 0.2) is 0 Å². The first kappa shape index (κ1) is 13.9. The smallest absolute Gasteiger partial charge is 0.222 e. The van der Waals surface area contributed by atoms with Crippen molar-refractivity contribution in [2.24, 2.45) is 0 Å². The number of hydrogen-bond acceptors (Lipinski definition) is 3. The van der Waals surface area contributed by atoms with E-state index in [1.165, 1.54) is 5.56 Å². The van der Waals surface area contributed by atoms with E-state index in [1.54, 1.807) is 7.11 Å². The molecular weight excluding hydrogens is 240 g/mol. The van der Waals surface area contributed by atoms with Gasteiger partial charge in [-0.1, -0.05) is 6.07 Å². The molecule has 0 saturated carbocycles. The summed E-state index contributed by atoms with van der Waals surface area (Å²) in [6.45, 7) is 3.62. The van der Waals surface area contributed by atoms with Gasteiger partial charge in [-0.25, -0.2) is 0 Å². The lowest BCUT2D eigenvalue weighted by Crippen LogP contribution is -2.24. The SMILES string of the molecule is CNC(C)c1ccc(OC)c(CN2CCCC2=O)c1. The maximum Gasteiger partial charge on any atom is 0.222 e. The van der Waals surface area contributed by atoms with Crippen LogP contribution < -0.4 is 10.1 Å². The van der Waals surface area contributed by atoms with Crippen LogP contribution in [0.1, 0.15) is 36.9 Å². The number of likely N-dealkylation sites (tertiary alicyclic amines) is 1. The molecule has 1 fully saturated rings. The highest BCUT2D eigenvalue weighted by Crippen LogP contribution is 2.26. The Balaban J connectivity index is 2.23. The number of carbonyl (C=O) groups excluding carboxylic acids is 1. The van der Waals surface area contributed by atoms with Crippen LogP contribution in [0, 0.1) is 0 Å². The molecule has 0 aliphatic carbocycles. The summed E-state index contributed by atoms with van der Waals surface area (Å²) < 4.78 is 5.40. The Morgan fingerprint density at radius 2 is 2.26 bits per heavy atom. The van der Waals surface area contributed by atoms with Gasteiger partial charge in [-0.3, -0.25) is 4.79 Å². The van der Waals surface area contributed by atoms with Gasteiger partial charge < -0.3 is 15.0 Å². The van der Waals surface area contributed by atoms with Crippen LogP contribution in [0.5, 0.6) is 5.75 Å². The number of nitrogens with zero attached hydrogens (tertiary/aromatic N) is 1. The van der Waals surface area contributed by atoms with Crippen LogP contribution >= 0.6 is 0 Å². The summed E-state index contributed by atoms with van der Waals surface area (Å²) in [5.41, 5.74) is 2.29. The molecule has 1 aliphatic heterocycles. The summed E-state index contributed by atoms with van der Waals surface area (Å²) in [6, 6.07) is 6.47. The van der Waals surface area contributed by atoms with Gasteiger partial charge in [-0.15, -0.1) is 0 Å². The monoisotopic (exact) mass is 262 g/mol.